The smallest absolute Gasteiger partial charge is 0.422 e. The summed E-state index contributed by atoms with van der Waals surface area (Å²) in [6.45, 7) is -1.28. The Labute approximate surface area is 67.0 Å². The molecule has 1 rings (SSSR count). The second-order valence-electron chi connectivity index (χ2n) is 2.09. The largest absolute Gasteiger partial charge is 0.483 e. The van der Waals surface area contributed by atoms with Gasteiger partial charge in [0, 0.05) is 6.20 Å². The van der Waals surface area contributed by atoms with Crippen molar-refractivity contribution in [2.75, 3.05) is 6.61 Å². The topological polar surface area (TPSA) is 22.1 Å². The maximum atomic E-state index is 11.6. The highest BCUT2D eigenvalue weighted by Crippen LogP contribution is 2.16. The van der Waals surface area contributed by atoms with Crippen molar-refractivity contribution in [3.63, 3.8) is 0 Å². The summed E-state index contributed by atoms with van der Waals surface area (Å²) in [6.07, 6.45) is -1.61. The van der Waals surface area contributed by atoms with Crippen molar-refractivity contribution in [2.24, 2.45) is 0 Å². The first-order valence-corrected chi connectivity index (χ1v) is 3.17. The lowest BCUT2D eigenvalue weighted by atomic mass is 10.5. The molecule has 1 aromatic rings. The minimum atomic E-state index is -4.30. The van der Waals surface area contributed by atoms with E-state index in [1.807, 2.05) is 0 Å². The molecule has 0 bridgehead atoms. The zero-order valence-electron chi connectivity index (χ0n) is 6.01. The standard InChI is InChI=1S/C7H6F3NO/c8-7(9,10)5-12-6-2-1-3-11-4-6/h1-4H,5H2. The van der Waals surface area contributed by atoms with Crippen LogP contribution in [0.2, 0.25) is 0 Å². The Bertz CT molecular complexity index is 234. The molecule has 12 heavy (non-hydrogen) atoms. The van der Waals surface area contributed by atoms with Crippen molar-refractivity contribution in [1.82, 2.24) is 4.98 Å². The van der Waals surface area contributed by atoms with Crippen LogP contribution in [0.25, 0.3) is 0 Å². The van der Waals surface area contributed by atoms with Crippen LogP contribution in [-0.2, 0) is 0 Å². The van der Waals surface area contributed by atoms with E-state index >= 15 is 0 Å². The lowest BCUT2D eigenvalue weighted by molar-refractivity contribution is -0.153. The average Bonchev–Trinajstić information content (AvgIpc) is 2.02. The van der Waals surface area contributed by atoms with Crippen LogP contribution in [0.1, 0.15) is 0 Å². The van der Waals surface area contributed by atoms with Crippen molar-refractivity contribution in [3.05, 3.63) is 24.5 Å². The Morgan fingerprint density at radius 2 is 2.17 bits per heavy atom. The van der Waals surface area contributed by atoms with Crippen LogP contribution < -0.4 is 4.74 Å². The highest BCUT2D eigenvalue weighted by molar-refractivity contribution is 5.15. The number of ether oxygens (including phenoxy) is 1. The minimum absolute atomic E-state index is 0.120. The Kier molecular flexibility index (Phi) is 2.52. The molecule has 0 saturated carbocycles. The van der Waals surface area contributed by atoms with Crippen LogP contribution in [0.3, 0.4) is 0 Å². The van der Waals surface area contributed by atoms with Crippen LogP contribution in [0, 0.1) is 0 Å². The molecule has 0 saturated heterocycles. The molecule has 0 radical (unpaired) electrons. The van der Waals surface area contributed by atoms with Gasteiger partial charge >= 0.3 is 6.18 Å². The minimum Gasteiger partial charge on any atom is -0.483 e. The number of hydrogen-bond acceptors (Lipinski definition) is 2. The van der Waals surface area contributed by atoms with Crippen LogP contribution in [0.15, 0.2) is 24.5 Å². The Morgan fingerprint density at radius 1 is 1.42 bits per heavy atom. The second kappa shape index (κ2) is 3.42. The fourth-order valence-corrected chi connectivity index (χ4v) is 0.598. The van der Waals surface area contributed by atoms with Gasteiger partial charge in [0.1, 0.15) is 5.75 Å². The van der Waals surface area contributed by atoms with Gasteiger partial charge in [0.15, 0.2) is 6.61 Å². The van der Waals surface area contributed by atoms with Gasteiger partial charge in [-0.05, 0) is 12.1 Å². The number of pyridine rings is 1. The SMILES string of the molecule is FC(F)(F)COc1cccnc1. The van der Waals surface area contributed by atoms with E-state index in [-0.39, 0.29) is 5.75 Å². The van der Waals surface area contributed by atoms with E-state index < -0.39 is 12.8 Å². The van der Waals surface area contributed by atoms with Gasteiger partial charge in [-0.3, -0.25) is 4.98 Å². The highest BCUT2D eigenvalue weighted by Gasteiger charge is 2.28. The number of aromatic nitrogens is 1. The maximum absolute atomic E-state index is 11.6. The molecule has 0 N–H and O–H groups in total. The quantitative estimate of drug-likeness (QED) is 0.689. The molecule has 0 aliphatic rings. The molecular formula is C7H6F3NO. The van der Waals surface area contributed by atoms with Gasteiger partial charge in [0.2, 0.25) is 0 Å². The van der Waals surface area contributed by atoms with Crippen molar-refractivity contribution in [2.45, 2.75) is 6.18 Å². The van der Waals surface area contributed by atoms with Crippen molar-refractivity contribution >= 4 is 0 Å². The maximum Gasteiger partial charge on any atom is 0.422 e. The van der Waals surface area contributed by atoms with Crippen LogP contribution >= 0.6 is 0 Å². The first-order chi connectivity index (χ1) is 5.58. The average molecular weight is 177 g/mol. The summed E-state index contributed by atoms with van der Waals surface area (Å²) < 4.78 is 39.2. The summed E-state index contributed by atoms with van der Waals surface area (Å²) in [5, 5.41) is 0. The molecule has 1 aromatic heterocycles. The fourth-order valence-electron chi connectivity index (χ4n) is 0.598. The molecule has 0 spiro atoms. The van der Waals surface area contributed by atoms with Crippen LogP contribution in [0.4, 0.5) is 13.2 Å². The van der Waals surface area contributed by atoms with E-state index in [4.69, 9.17) is 0 Å². The summed E-state index contributed by atoms with van der Waals surface area (Å²) in [5.74, 6) is 0.120. The summed E-state index contributed by atoms with van der Waals surface area (Å²) in [4.78, 5) is 3.59. The van der Waals surface area contributed by atoms with Crippen molar-refractivity contribution in [1.29, 1.82) is 0 Å². The zero-order valence-corrected chi connectivity index (χ0v) is 6.01. The van der Waals surface area contributed by atoms with Gasteiger partial charge in [-0.25, -0.2) is 0 Å². The van der Waals surface area contributed by atoms with E-state index in [0.29, 0.717) is 0 Å². The lowest BCUT2D eigenvalue weighted by Crippen LogP contribution is -2.19. The van der Waals surface area contributed by atoms with Crippen molar-refractivity contribution < 1.29 is 17.9 Å². The van der Waals surface area contributed by atoms with E-state index in [2.05, 4.69) is 9.72 Å². The monoisotopic (exact) mass is 177 g/mol. The molecule has 2 nitrogen and oxygen atoms in total. The van der Waals surface area contributed by atoms with Gasteiger partial charge in [-0.15, -0.1) is 0 Å². The number of nitrogens with zero attached hydrogens (tertiary/aromatic N) is 1. The third-order valence-corrected chi connectivity index (χ3v) is 1.04. The zero-order chi connectivity index (χ0) is 9.03. The molecule has 0 fully saturated rings. The Morgan fingerprint density at radius 3 is 2.67 bits per heavy atom. The molecule has 0 atom stereocenters. The van der Waals surface area contributed by atoms with Crippen LogP contribution in [-0.4, -0.2) is 17.8 Å². The third-order valence-electron chi connectivity index (χ3n) is 1.04. The molecule has 0 aliphatic heterocycles. The number of rotatable bonds is 2. The molecule has 0 aromatic carbocycles. The first-order valence-electron chi connectivity index (χ1n) is 3.17. The van der Waals surface area contributed by atoms with Gasteiger partial charge < -0.3 is 4.74 Å². The van der Waals surface area contributed by atoms with Crippen LogP contribution in [0.5, 0.6) is 5.75 Å². The Hall–Kier alpha value is -1.26. The van der Waals surface area contributed by atoms with Crippen molar-refractivity contribution in [3.8, 4) is 5.75 Å². The molecular weight excluding hydrogens is 171 g/mol. The third kappa shape index (κ3) is 3.23. The predicted octanol–water partition coefficient (Wildman–Crippen LogP) is 2.02. The second-order valence-corrected chi connectivity index (χ2v) is 2.09. The molecule has 1 heterocycles. The predicted molar refractivity (Wildman–Crippen MR) is 35.8 cm³/mol. The van der Waals surface area contributed by atoms with E-state index in [9.17, 15) is 13.2 Å². The summed E-state index contributed by atoms with van der Waals surface area (Å²) in [6, 6.07) is 2.92. The molecule has 0 unspecified atom stereocenters. The van der Waals surface area contributed by atoms with E-state index in [1.165, 1.54) is 24.5 Å². The van der Waals surface area contributed by atoms with Gasteiger partial charge in [0.05, 0.1) is 6.20 Å². The molecule has 0 aliphatic carbocycles. The Balaban J connectivity index is 2.44. The normalized spacial score (nSPS) is 11.2. The number of halogens is 3. The summed E-state index contributed by atoms with van der Waals surface area (Å²) in [5.41, 5.74) is 0. The van der Waals surface area contributed by atoms with E-state index in [1.54, 1.807) is 0 Å². The number of alkyl halides is 3. The molecule has 5 heteroatoms. The van der Waals surface area contributed by atoms with E-state index in [0.717, 1.165) is 0 Å². The lowest BCUT2D eigenvalue weighted by Gasteiger charge is -2.07. The molecule has 66 valence electrons. The molecule has 0 amide bonds. The number of hydrogen-bond donors (Lipinski definition) is 0. The summed E-state index contributed by atoms with van der Waals surface area (Å²) in [7, 11) is 0. The fraction of sp³-hybridized carbons (Fsp3) is 0.286. The first kappa shape index (κ1) is 8.83. The highest BCUT2D eigenvalue weighted by atomic mass is 19.4. The van der Waals surface area contributed by atoms with Gasteiger partial charge in [0.25, 0.3) is 0 Å². The summed E-state index contributed by atoms with van der Waals surface area (Å²) >= 11 is 0. The van der Waals surface area contributed by atoms with Gasteiger partial charge in [-0.2, -0.15) is 13.2 Å². The van der Waals surface area contributed by atoms with Gasteiger partial charge in [-0.1, -0.05) is 0 Å².